The number of pyridine rings is 1. The van der Waals surface area contributed by atoms with Crippen molar-refractivity contribution in [3.05, 3.63) is 66.6 Å². The number of hydrogen-bond acceptors (Lipinski definition) is 3. The fraction of sp³-hybridized carbons (Fsp3) is 0.0625. The fourth-order valence-corrected chi connectivity index (χ4v) is 2.08. The Balaban J connectivity index is 2.11. The van der Waals surface area contributed by atoms with E-state index in [4.69, 9.17) is 5.26 Å². The molecule has 0 saturated heterocycles. The van der Waals surface area contributed by atoms with Gasteiger partial charge in [0.2, 0.25) is 0 Å². The number of nitriles is 1. The van der Waals surface area contributed by atoms with E-state index >= 15 is 0 Å². The van der Waals surface area contributed by atoms with Crippen LogP contribution in [0.4, 0.5) is 0 Å². The van der Waals surface area contributed by atoms with E-state index in [0.29, 0.717) is 6.42 Å². The molecule has 1 aromatic carbocycles. The van der Waals surface area contributed by atoms with Crippen molar-refractivity contribution in [3.63, 3.8) is 0 Å². The number of rotatable bonds is 3. The van der Waals surface area contributed by atoms with E-state index in [2.05, 4.69) is 16.2 Å². The van der Waals surface area contributed by atoms with Crippen LogP contribution in [-0.2, 0) is 6.42 Å². The summed E-state index contributed by atoms with van der Waals surface area (Å²) in [5, 5.41) is 13.6. The van der Waals surface area contributed by atoms with E-state index < -0.39 is 0 Å². The first-order chi connectivity index (χ1) is 9.88. The van der Waals surface area contributed by atoms with Crippen LogP contribution < -0.4 is 0 Å². The molecule has 3 aromatic rings. The summed E-state index contributed by atoms with van der Waals surface area (Å²) in [7, 11) is 0. The molecule has 0 N–H and O–H groups in total. The molecule has 4 heteroatoms. The van der Waals surface area contributed by atoms with Crippen LogP contribution in [0.1, 0.15) is 5.56 Å². The fourth-order valence-electron chi connectivity index (χ4n) is 2.08. The molecular formula is C16H12N4. The van der Waals surface area contributed by atoms with Crippen LogP contribution >= 0.6 is 0 Å². The number of aromatic nitrogens is 3. The molecule has 20 heavy (non-hydrogen) atoms. The van der Waals surface area contributed by atoms with Gasteiger partial charge in [-0.2, -0.15) is 10.4 Å². The van der Waals surface area contributed by atoms with Crippen molar-refractivity contribution in [2.75, 3.05) is 0 Å². The van der Waals surface area contributed by atoms with Crippen molar-refractivity contribution in [2.45, 2.75) is 6.42 Å². The van der Waals surface area contributed by atoms with Crippen molar-refractivity contribution in [2.24, 2.45) is 0 Å². The second-order valence-electron chi connectivity index (χ2n) is 4.36. The Bertz CT molecular complexity index is 739. The molecule has 0 spiro atoms. The van der Waals surface area contributed by atoms with Crippen molar-refractivity contribution < 1.29 is 0 Å². The monoisotopic (exact) mass is 260 g/mol. The lowest BCUT2D eigenvalue weighted by Crippen LogP contribution is -1.94. The lowest BCUT2D eigenvalue weighted by Gasteiger charge is -1.99. The van der Waals surface area contributed by atoms with E-state index in [1.165, 1.54) is 0 Å². The van der Waals surface area contributed by atoms with E-state index in [1.54, 1.807) is 17.1 Å². The summed E-state index contributed by atoms with van der Waals surface area (Å²) < 4.78 is 1.80. The van der Waals surface area contributed by atoms with Crippen molar-refractivity contribution in [3.8, 4) is 23.0 Å². The Morgan fingerprint density at radius 1 is 1.10 bits per heavy atom. The third kappa shape index (κ3) is 2.29. The molecule has 2 aromatic heterocycles. The standard InChI is InChI=1S/C16H12N4/c17-9-8-14-12-20(15-6-2-1-3-7-15)19-16(14)13-5-4-10-18-11-13/h1-7,10-12H,8H2. The third-order valence-electron chi connectivity index (χ3n) is 3.02. The SMILES string of the molecule is N#CCc1cn(-c2ccccc2)nc1-c1cccnc1. The van der Waals surface area contributed by atoms with Gasteiger partial charge in [-0.25, -0.2) is 4.68 Å². The van der Waals surface area contributed by atoms with E-state index in [0.717, 1.165) is 22.5 Å². The van der Waals surface area contributed by atoms with Gasteiger partial charge in [0.25, 0.3) is 0 Å². The second kappa shape index (κ2) is 5.37. The van der Waals surface area contributed by atoms with Gasteiger partial charge in [-0.05, 0) is 24.3 Å². The van der Waals surface area contributed by atoms with Crippen LogP contribution in [0, 0.1) is 11.3 Å². The molecule has 4 nitrogen and oxygen atoms in total. The highest BCUT2D eigenvalue weighted by atomic mass is 15.3. The van der Waals surface area contributed by atoms with Gasteiger partial charge < -0.3 is 0 Å². The Morgan fingerprint density at radius 2 is 1.95 bits per heavy atom. The summed E-state index contributed by atoms with van der Waals surface area (Å²) in [6, 6.07) is 15.9. The molecular weight excluding hydrogens is 248 g/mol. The smallest absolute Gasteiger partial charge is 0.0985 e. The molecule has 0 atom stereocenters. The lowest BCUT2D eigenvalue weighted by atomic mass is 10.1. The predicted molar refractivity (Wildman–Crippen MR) is 76.1 cm³/mol. The summed E-state index contributed by atoms with van der Waals surface area (Å²) in [5.74, 6) is 0. The first-order valence-corrected chi connectivity index (χ1v) is 6.30. The summed E-state index contributed by atoms with van der Waals surface area (Å²) in [6.45, 7) is 0. The average Bonchev–Trinajstić information content (AvgIpc) is 2.94. The maximum atomic E-state index is 8.97. The van der Waals surface area contributed by atoms with E-state index in [-0.39, 0.29) is 0 Å². The molecule has 0 fully saturated rings. The van der Waals surface area contributed by atoms with Gasteiger partial charge in [0, 0.05) is 29.7 Å². The van der Waals surface area contributed by atoms with Crippen LogP contribution in [0.15, 0.2) is 61.1 Å². The summed E-state index contributed by atoms with van der Waals surface area (Å²) in [5.41, 5.74) is 3.61. The molecule has 0 bridgehead atoms. The molecule has 0 unspecified atom stereocenters. The average molecular weight is 260 g/mol. The number of nitrogens with zero attached hydrogens (tertiary/aromatic N) is 4. The van der Waals surface area contributed by atoms with Crippen LogP contribution in [0.5, 0.6) is 0 Å². The molecule has 0 aliphatic rings. The Morgan fingerprint density at radius 3 is 2.65 bits per heavy atom. The number of hydrogen-bond donors (Lipinski definition) is 0. The van der Waals surface area contributed by atoms with Gasteiger partial charge in [-0.3, -0.25) is 4.98 Å². The minimum atomic E-state index is 0.330. The molecule has 0 amide bonds. The summed E-state index contributed by atoms with van der Waals surface area (Å²) in [6.07, 6.45) is 5.72. The Hall–Kier alpha value is -2.93. The van der Waals surface area contributed by atoms with Crippen LogP contribution in [0.3, 0.4) is 0 Å². The topological polar surface area (TPSA) is 54.5 Å². The molecule has 0 aliphatic carbocycles. The zero-order valence-electron chi connectivity index (χ0n) is 10.8. The first-order valence-electron chi connectivity index (χ1n) is 6.30. The zero-order valence-corrected chi connectivity index (χ0v) is 10.8. The molecule has 0 radical (unpaired) electrons. The van der Waals surface area contributed by atoms with Crippen molar-refractivity contribution >= 4 is 0 Å². The van der Waals surface area contributed by atoms with Gasteiger partial charge in [0.1, 0.15) is 0 Å². The molecule has 96 valence electrons. The Labute approximate surface area is 116 Å². The lowest BCUT2D eigenvalue weighted by molar-refractivity contribution is 0.883. The molecule has 0 saturated carbocycles. The van der Waals surface area contributed by atoms with Gasteiger partial charge in [0.15, 0.2) is 0 Å². The van der Waals surface area contributed by atoms with Gasteiger partial charge in [-0.1, -0.05) is 18.2 Å². The largest absolute Gasteiger partial charge is 0.264 e. The predicted octanol–water partition coefficient (Wildman–Crippen LogP) is 3.00. The highest BCUT2D eigenvalue weighted by Crippen LogP contribution is 2.23. The zero-order chi connectivity index (χ0) is 13.8. The molecule has 3 rings (SSSR count). The van der Waals surface area contributed by atoms with Gasteiger partial charge in [-0.15, -0.1) is 0 Å². The van der Waals surface area contributed by atoms with Crippen LogP contribution in [0.2, 0.25) is 0 Å². The maximum absolute atomic E-state index is 8.97. The minimum absolute atomic E-state index is 0.330. The number of para-hydroxylation sites is 1. The second-order valence-corrected chi connectivity index (χ2v) is 4.36. The van der Waals surface area contributed by atoms with Crippen LogP contribution in [-0.4, -0.2) is 14.8 Å². The van der Waals surface area contributed by atoms with Crippen molar-refractivity contribution in [1.29, 1.82) is 5.26 Å². The highest BCUT2D eigenvalue weighted by Gasteiger charge is 2.11. The highest BCUT2D eigenvalue weighted by molar-refractivity contribution is 5.62. The first kappa shape index (κ1) is 12.1. The van der Waals surface area contributed by atoms with Gasteiger partial charge in [0.05, 0.1) is 23.9 Å². The number of benzene rings is 1. The minimum Gasteiger partial charge on any atom is -0.264 e. The van der Waals surface area contributed by atoms with Crippen LogP contribution in [0.25, 0.3) is 16.9 Å². The van der Waals surface area contributed by atoms with Gasteiger partial charge >= 0.3 is 0 Å². The molecule has 2 heterocycles. The summed E-state index contributed by atoms with van der Waals surface area (Å²) >= 11 is 0. The summed E-state index contributed by atoms with van der Waals surface area (Å²) in [4.78, 5) is 4.11. The van der Waals surface area contributed by atoms with E-state index in [1.807, 2.05) is 48.7 Å². The quantitative estimate of drug-likeness (QED) is 0.727. The maximum Gasteiger partial charge on any atom is 0.0985 e. The normalized spacial score (nSPS) is 10.2. The van der Waals surface area contributed by atoms with Crippen molar-refractivity contribution in [1.82, 2.24) is 14.8 Å². The Kier molecular flexibility index (Phi) is 3.25. The molecule has 0 aliphatic heterocycles. The third-order valence-corrected chi connectivity index (χ3v) is 3.02. The van der Waals surface area contributed by atoms with E-state index in [9.17, 15) is 0 Å².